The van der Waals surface area contributed by atoms with Crippen molar-refractivity contribution in [2.75, 3.05) is 11.9 Å². The molecule has 0 radical (unpaired) electrons. The summed E-state index contributed by atoms with van der Waals surface area (Å²) in [5, 5.41) is 4.26. The minimum Gasteiger partial charge on any atom is -0.351 e. The van der Waals surface area contributed by atoms with E-state index in [-0.39, 0.29) is 24.0 Å². The summed E-state index contributed by atoms with van der Waals surface area (Å²) < 4.78 is 27.7. The van der Waals surface area contributed by atoms with Gasteiger partial charge in [0.25, 0.3) is 6.43 Å². The number of aromatic nitrogens is 5. The lowest BCUT2D eigenvalue weighted by molar-refractivity contribution is -0.136. The molecule has 1 amide bonds. The van der Waals surface area contributed by atoms with E-state index >= 15 is 0 Å². The van der Waals surface area contributed by atoms with Gasteiger partial charge in [0.2, 0.25) is 11.9 Å². The first kappa shape index (κ1) is 21.9. The number of imidazole rings is 1. The molecule has 0 unspecified atom stereocenters. The molecule has 4 heterocycles. The van der Waals surface area contributed by atoms with E-state index in [1.165, 1.54) is 0 Å². The van der Waals surface area contributed by atoms with Gasteiger partial charge in [-0.15, -0.1) is 0 Å². The Morgan fingerprint density at radius 3 is 2.86 bits per heavy atom. The number of hydrogen-bond donors (Lipinski definition) is 2. The number of carbonyl (C=O) groups is 1. The predicted octanol–water partition coefficient (Wildman–Crippen LogP) is 4.50. The molecule has 0 spiro atoms. The Hall–Kier alpha value is -3.56. The van der Waals surface area contributed by atoms with Crippen molar-refractivity contribution >= 4 is 33.9 Å². The summed E-state index contributed by atoms with van der Waals surface area (Å²) in [6, 6.07) is 5.90. The van der Waals surface area contributed by atoms with Crippen molar-refractivity contribution in [1.29, 1.82) is 0 Å². The molecular formula is C25H27F2N7O. The summed E-state index contributed by atoms with van der Waals surface area (Å²) in [4.78, 5) is 31.0. The van der Waals surface area contributed by atoms with E-state index in [1.807, 2.05) is 29.3 Å². The Kier molecular flexibility index (Phi) is 5.01. The SMILES string of the molecule is Cc1nc2ccc(-c3c[nH]c4nc(N[C@H]5C[C@](C)(N6CCCC6=O)C5)ncc34)cc2n1CC(F)F. The highest BCUT2D eigenvalue weighted by Crippen LogP contribution is 2.41. The van der Waals surface area contributed by atoms with Gasteiger partial charge < -0.3 is 19.8 Å². The highest BCUT2D eigenvalue weighted by Gasteiger charge is 2.48. The lowest BCUT2D eigenvalue weighted by Gasteiger charge is -2.51. The number of H-pyrrole nitrogens is 1. The van der Waals surface area contributed by atoms with Crippen LogP contribution in [0.2, 0.25) is 0 Å². The van der Waals surface area contributed by atoms with Gasteiger partial charge in [0.1, 0.15) is 11.5 Å². The maximum Gasteiger partial charge on any atom is 0.256 e. The number of anilines is 1. The molecule has 2 aliphatic rings. The first-order chi connectivity index (χ1) is 16.8. The zero-order chi connectivity index (χ0) is 24.3. The molecule has 4 aromatic rings. The predicted molar refractivity (Wildman–Crippen MR) is 129 cm³/mol. The number of amides is 1. The summed E-state index contributed by atoms with van der Waals surface area (Å²) in [6.07, 6.45) is 4.55. The van der Waals surface area contributed by atoms with Crippen LogP contribution in [0.4, 0.5) is 14.7 Å². The number of likely N-dealkylation sites (tertiary alicyclic amines) is 1. The minimum atomic E-state index is -2.45. The fraction of sp³-hybridized carbons (Fsp3) is 0.440. The highest BCUT2D eigenvalue weighted by atomic mass is 19.3. The highest BCUT2D eigenvalue weighted by molar-refractivity contribution is 5.95. The molecule has 1 saturated carbocycles. The molecule has 3 aromatic heterocycles. The van der Waals surface area contributed by atoms with Gasteiger partial charge in [-0.1, -0.05) is 6.07 Å². The molecule has 0 atom stereocenters. The zero-order valence-electron chi connectivity index (χ0n) is 19.7. The molecule has 2 fully saturated rings. The maximum absolute atomic E-state index is 13.1. The Morgan fingerprint density at radius 1 is 1.29 bits per heavy atom. The third-order valence-corrected chi connectivity index (χ3v) is 7.43. The third kappa shape index (κ3) is 3.71. The van der Waals surface area contributed by atoms with Crippen LogP contribution in [0.5, 0.6) is 0 Å². The number of aryl methyl sites for hydroxylation is 1. The van der Waals surface area contributed by atoms with E-state index in [1.54, 1.807) is 17.7 Å². The summed E-state index contributed by atoms with van der Waals surface area (Å²) in [6.45, 7) is 4.36. The smallest absolute Gasteiger partial charge is 0.256 e. The lowest BCUT2D eigenvalue weighted by atomic mass is 9.73. The molecule has 1 aromatic carbocycles. The summed E-state index contributed by atoms with van der Waals surface area (Å²) >= 11 is 0. The van der Waals surface area contributed by atoms with Gasteiger partial charge in [0, 0.05) is 47.9 Å². The van der Waals surface area contributed by atoms with Crippen molar-refractivity contribution in [2.24, 2.45) is 0 Å². The van der Waals surface area contributed by atoms with E-state index in [0.717, 1.165) is 42.3 Å². The number of carbonyl (C=O) groups excluding carboxylic acids is 1. The van der Waals surface area contributed by atoms with E-state index in [2.05, 4.69) is 32.2 Å². The van der Waals surface area contributed by atoms with Crippen molar-refractivity contribution < 1.29 is 13.6 Å². The topological polar surface area (TPSA) is 91.7 Å². The second kappa shape index (κ2) is 8.00. The number of rotatable bonds is 6. The third-order valence-electron chi connectivity index (χ3n) is 7.43. The molecule has 1 aliphatic heterocycles. The number of benzene rings is 1. The first-order valence-corrected chi connectivity index (χ1v) is 12.0. The van der Waals surface area contributed by atoms with Crippen LogP contribution in [0.15, 0.2) is 30.6 Å². The van der Waals surface area contributed by atoms with E-state index in [9.17, 15) is 13.6 Å². The number of hydrogen-bond acceptors (Lipinski definition) is 5. The lowest BCUT2D eigenvalue weighted by Crippen LogP contribution is -2.59. The van der Waals surface area contributed by atoms with Crippen LogP contribution in [0.1, 0.15) is 38.4 Å². The normalized spacial score (nSPS) is 22.5. The van der Waals surface area contributed by atoms with E-state index < -0.39 is 6.43 Å². The molecule has 6 rings (SSSR count). The van der Waals surface area contributed by atoms with Crippen LogP contribution in [0.25, 0.3) is 33.2 Å². The van der Waals surface area contributed by atoms with Gasteiger partial charge in [0.05, 0.1) is 17.6 Å². The number of halogens is 2. The molecule has 8 nitrogen and oxygen atoms in total. The molecule has 1 aliphatic carbocycles. The number of aromatic amines is 1. The van der Waals surface area contributed by atoms with Crippen LogP contribution >= 0.6 is 0 Å². The van der Waals surface area contributed by atoms with Crippen molar-refractivity contribution in [3.05, 3.63) is 36.4 Å². The number of alkyl halides is 2. The van der Waals surface area contributed by atoms with Gasteiger partial charge in [-0.05, 0) is 50.8 Å². The number of nitrogens with zero attached hydrogens (tertiary/aromatic N) is 5. The average Bonchev–Trinajstić information content (AvgIpc) is 3.49. The van der Waals surface area contributed by atoms with Crippen molar-refractivity contribution in [1.82, 2.24) is 29.4 Å². The summed E-state index contributed by atoms with van der Waals surface area (Å²) in [7, 11) is 0. The van der Waals surface area contributed by atoms with Crippen molar-refractivity contribution in [2.45, 2.75) is 64.1 Å². The largest absolute Gasteiger partial charge is 0.351 e. The van der Waals surface area contributed by atoms with Crippen LogP contribution in [0, 0.1) is 6.92 Å². The summed E-state index contributed by atoms with van der Waals surface area (Å²) in [5.41, 5.74) is 3.78. The maximum atomic E-state index is 13.1. The minimum absolute atomic E-state index is 0.0806. The Bertz CT molecular complexity index is 1440. The molecule has 35 heavy (non-hydrogen) atoms. The van der Waals surface area contributed by atoms with Crippen molar-refractivity contribution in [3.63, 3.8) is 0 Å². The molecule has 10 heteroatoms. The van der Waals surface area contributed by atoms with Crippen molar-refractivity contribution in [3.8, 4) is 11.1 Å². The fourth-order valence-electron chi connectivity index (χ4n) is 5.72. The zero-order valence-corrected chi connectivity index (χ0v) is 19.7. The standard InChI is InChI=1S/C25H27F2N7O/c1-14-30-19-6-5-15(8-20(19)33(14)13-21(26)27)17-11-28-23-18(17)12-29-24(32-23)31-16-9-25(2,10-16)34-7-3-4-22(34)35/h5-6,8,11-12,16,21H,3-4,7,9-10,13H2,1-2H3,(H2,28,29,31,32)/t16-,25-. The second-order valence-corrected chi connectivity index (χ2v) is 9.92. The van der Waals surface area contributed by atoms with Crippen LogP contribution < -0.4 is 5.32 Å². The average molecular weight is 480 g/mol. The van der Waals surface area contributed by atoms with Crippen LogP contribution in [0.3, 0.4) is 0 Å². The van der Waals surface area contributed by atoms with E-state index in [0.29, 0.717) is 34.9 Å². The monoisotopic (exact) mass is 479 g/mol. The second-order valence-electron chi connectivity index (χ2n) is 9.92. The number of nitrogens with one attached hydrogen (secondary N) is 2. The molecule has 2 N–H and O–H groups in total. The fourth-order valence-corrected chi connectivity index (χ4v) is 5.72. The van der Waals surface area contributed by atoms with E-state index in [4.69, 9.17) is 0 Å². The van der Waals surface area contributed by atoms with Gasteiger partial charge in [-0.25, -0.2) is 18.7 Å². The first-order valence-electron chi connectivity index (χ1n) is 12.0. The van der Waals surface area contributed by atoms with Gasteiger partial charge in [-0.2, -0.15) is 4.98 Å². The van der Waals surface area contributed by atoms with Gasteiger partial charge >= 0.3 is 0 Å². The Balaban J connectivity index is 1.22. The quantitative estimate of drug-likeness (QED) is 0.425. The molecule has 182 valence electrons. The number of fused-ring (bicyclic) bond motifs is 2. The Morgan fingerprint density at radius 2 is 2.11 bits per heavy atom. The van der Waals surface area contributed by atoms with Gasteiger partial charge in [0.15, 0.2) is 0 Å². The molecular weight excluding hydrogens is 452 g/mol. The van der Waals surface area contributed by atoms with Gasteiger partial charge in [-0.3, -0.25) is 4.79 Å². The summed E-state index contributed by atoms with van der Waals surface area (Å²) in [5.74, 6) is 1.37. The Labute approximate surface area is 200 Å². The molecule has 1 saturated heterocycles. The van der Waals surface area contributed by atoms with Crippen LogP contribution in [-0.2, 0) is 11.3 Å². The molecule has 0 bridgehead atoms. The van der Waals surface area contributed by atoms with Crippen LogP contribution in [-0.4, -0.2) is 59.9 Å².